The maximum atomic E-state index is 13.8. The highest BCUT2D eigenvalue weighted by Crippen LogP contribution is 2.37. The highest BCUT2D eigenvalue weighted by molar-refractivity contribution is 5.70. The second-order valence-corrected chi connectivity index (χ2v) is 22.8. The number of carbonyl (C=O) groups excluding carboxylic acids is 5. The molecule has 1 unspecified atom stereocenters. The molecule has 23 nitrogen and oxygen atoms in total. The number of aliphatic hydroxyl groups excluding tert-OH is 2. The van der Waals surface area contributed by atoms with Crippen molar-refractivity contribution in [2.75, 3.05) is 13.2 Å². The van der Waals surface area contributed by atoms with Gasteiger partial charge < -0.3 is 88.9 Å². The van der Waals surface area contributed by atoms with E-state index in [0.29, 0.717) is 23.1 Å². The fourth-order valence-corrected chi connectivity index (χ4v) is 9.33. The average Bonchev–Trinajstić information content (AvgIpc) is 3.42. The Morgan fingerprint density at radius 2 is 1.03 bits per heavy atom. The molecule has 4 fully saturated rings. The van der Waals surface area contributed by atoms with Crippen LogP contribution in [0.4, 0.5) is 24.0 Å². The monoisotopic (exact) mass is 1110 g/mol. The molecule has 3 aliphatic heterocycles. The fraction of sp³-hybridized carbons (Fsp3) is 0.589. The van der Waals surface area contributed by atoms with Crippen LogP contribution in [0.15, 0.2) is 91.0 Å². The number of nitrogens with one attached hydrogen (secondary N) is 5. The Labute approximate surface area is 460 Å². The van der Waals surface area contributed by atoms with E-state index in [2.05, 4.69) is 26.6 Å². The summed E-state index contributed by atoms with van der Waals surface area (Å²) in [7, 11) is 0. The zero-order chi connectivity index (χ0) is 57.1. The van der Waals surface area contributed by atoms with Crippen LogP contribution in [0.5, 0.6) is 0 Å². The molecule has 4 aliphatic rings. The second kappa shape index (κ2) is 26.8. The van der Waals surface area contributed by atoms with Gasteiger partial charge in [-0.25, -0.2) is 24.0 Å². The third-order valence-corrected chi connectivity index (χ3v) is 12.7. The van der Waals surface area contributed by atoms with Crippen LogP contribution in [-0.4, -0.2) is 150 Å². The molecule has 23 heteroatoms. The first kappa shape index (κ1) is 60.3. The second-order valence-electron chi connectivity index (χ2n) is 22.8. The molecule has 1 saturated carbocycles. The number of ether oxygens (including phenoxy) is 11. The smallest absolute Gasteiger partial charge is 0.408 e. The van der Waals surface area contributed by atoms with Crippen molar-refractivity contribution in [3.63, 3.8) is 0 Å². The molecule has 0 radical (unpaired) electrons. The predicted molar refractivity (Wildman–Crippen MR) is 281 cm³/mol. The molecule has 0 bridgehead atoms. The minimum atomic E-state index is -1.86. The summed E-state index contributed by atoms with van der Waals surface area (Å²) in [5.41, 5.74) is -0.630. The van der Waals surface area contributed by atoms with Gasteiger partial charge in [0.1, 0.15) is 66.6 Å². The summed E-state index contributed by atoms with van der Waals surface area (Å²) in [4.78, 5) is 67.4. The number of carbonyl (C=O) groups is 5. The third-order valence-electron chi connectivity index (χ3n) is 12.7. The highest BCUT2D eigenvalue weighted by atomic mass is 16.8. The Kier molecular flexibility index (Phi) is 20.4. The summed E-state index contributed by atoms with van der Waals surface area (Å²) in [5, 5.41) is 39.1. The summed E-state index contributed by atoms with van der Waals surface area (Å²) < 4.78 is 66.8. The summed E-state index contributed by atoms with van der Waals surface area (Å²) in [6.45, 7) is 14.9. The largest absolute Gasteiger partial charge is 0.445 e. The quantitative estimate of drug-likeness (QED) is 0.0843. The number of hydrogen-bond donors (Lipinski definition) is 7. The van der Waals surface area contributed by atoms with Crippen LogP contribution in [0.2, 0.25) is 0 Å². The molecule has 3 saturated heterocycles. The topological polar surface area (TPSA) is 287 Å². The van der Waals surface area contributed by atoms with Crippen LogP contribution in [0.3, 0.4) is 0 Å². The molecule has 7 rings (SSSR count). The van der Waals surface area contributed by atoms with Crippen molar-refractivity contribution in [1.29, 1.82) is 0 Å². The third kappa shape index (κ3) is 18.4. The molecule has 3 aromatic rings. The van der Waals surface area contributed by atoms with Crippen LogP contribution < -0.4 is 26.6 Å². The van der Waals surface area contributed by atoms with Crippen LogP contribution in [0, 0.1) is 0 Å². The van der Waals surface area contributed by atoms with Crippen molar-refractivity contribution < 1.29 is 86.3 Å². The van der Waals surface area contributed by atoms with E-state index in [1.165, 1.54) is 0 Å². The van der Waals surface area contributed by atoms with Gasteiger partial charge in [0.05, 0.1) is 36.9 Å². The van der Waals surface area contributed by atoms with Gasteiger partial charge in [0.2, 0.25) is 0 Å². The molecule has 79 heavy (non-hydrogen) atoms. The first-order valence-corrected chi connectivity index (χ1v) is 26.6. The van der Waals surface area contributed by atoms with Crippen molar-refractivity contribution in [1.82, 2.24) is 26.6 Å². The molecule has 7 N–H and O–H groups in total. The summed E-state index contributed by atoms with van der Waals surface area (Å²) in [6, 6.07) is 22.2. The Bertz CT molecular complexity index is 2460. The zero-order valence-electron chi connectivity index (χ0n) is 46.1. The Balaban J connectivity index is 1.21. The van der Waals surface area contributed by atoms with Gasteiger partial charge in [-0.1, -0.05) is 91.0 Å². The molecule has 14 atom stereocenters. The van der Waals surface area contributed by atoms with Crippen molar-refractivity contribution in [3.05, 3.63) is 108 Å². The van der Waals surface area contributed by atoms with E-state index < -0.39 is 133 Å². The predicted octanol–water partition coefficient (Wildman–Crippen LogP) is 6.13. The van der Waals surface area contributed by atoms with Crippen molar-refractivity contribution in [2.24, 2.45) is 0 Å². The van der Waals surface area contributed by atoms with E-state index in [9.17, 15) is 34.2 Å². The summed E-state index contributed by atoms with van der Waals surface area (Å²) >= 11 is 0. The molecular formula is C56H77N5O18. The first-order chi connectivity index (χ1) is 37.4. The molecule has 434 valence electrons. The molecular weight excluding hydrogens is 1030 g/mol. The van der Waals surface area contributed by atoms with Crippen LogP contribution in [0.1, 0.15) is 105 Å². The number of rotatable bonds is 15. The minimum Gasteiger partial charge on any atom is -0.445 e. The van der Waals surface area contributed by atoms with Gasteiger partial charge in [-0.15, -0.1) is 0 Å². The number of hydrogen-bond acceptors (Lipinski definition) is 18. The molecule has 3 heterocycles. The Morgan fingerprint density at radius 3 is 1.57 bits per heavy atom. The minimum absolute atomic E-state index is 0.0445. The highest BCUT2D eigenvalue weighted by Gasteiger charge is 2.55. The van der Waals surface area contributed by atoms with Gasteiger partial charge in [-0.3, -0.25) is 0 Å². The molecule has 0 spiro atoms. The SMILES string of the molecule is CC(C)(C)OC(=O)NC[C@@H]1CC[C@@H](NC(=O)OC(C)(C)C)[C@@H](O[C@H]2[C@H](O)[C@@H](O[C@H]3O[C@@H]4COC(c5ccccc5)O[C@H]4[C@H](NC(=O)OCc4ccccc4)[C@H]3O)[C@H](NC(=O)OCc3ccccc3)C[C@@H]2NC(=O)OC(C)(C)C)O1. The summed E-state index contributed by atoms with van der Waals surface area (Å²) in [6.07, 6.45) is -17.5. The molecule has 5 amide bonds. The van der Waals surface area contributed by atoms with E-state index in [1.54, 1.807) is 123 Å². The van der Waals surface area contributed by atoms with Crippen LogP contribution in [-0.2, 0) is 65.3 Å². The Morgan fingerprint density at radius 1 is 0.544 bits per heavy atom. The number of benzene rings is 3. The number of aliphatic hydroxyl groups is 2. The number of alkyl carbamates (subject to hydrolysis) is 5. The van der Waals surface area contributed by atoms with Gasteiger partial charge in [-0.2, -0.15) is 0 Å². The van der Waals surface area contributed by atoms with Crippen molar-refractivity contribution in [2.45, 2.75) is 197 Å². The lowest BCUT2D eigenvalue weighted by Gasteiger charge is -2.51. The van der Waals surface area contributed by atoms with Crippen molar-refractivity contribution in [3.8, 4) is 0 Å². The normalized spacial score (nSPS) is 29.1. The first-order valence-electron chi connectivity index (χ1n) is 26.6. The van der Waals surface area contributed by atoms with Crippen LogP contribution in [0.25, 0.3) is 0 Å². The van der Waals surface area contributed by atoms with E-state index in [0.717, 1.165) is 0 Å². The van der Waals surface area contributed by atoms with Gasteiger partial charge in [0.15, 0.2) is 18.9 Å². The molecule has 3 aromatic carbocycles. The lowest BCUT2D eigenvalue weighted by molar-refractivity contribution is -0.357. The molecule has 1 aliphatic carbocycles. The van der Waals surface area contributed by atoms with Gasteiger partial charge in [0, 0.05) is 12.1 Å². The maximum absolute atomic E-state index is 13.8. The van der Waals surface area contributed by atoms with Gasteiger partial charge in [-0.05, 0) is 92.7 Å². The Hall–Kier alpha value is -6.31. The van der Waals surface area contributed by atoms with Gasteiger partial charge >= 0.3 is 30.5 Å². The van der Waals surface area contributed by atoms with E-state index in [1.807, 2.05) is 30.3 Å². The number of amides is 5. The fourth-order valence-electron chi connectivity index (χ4n) is 9.33. The van der Waals surface area contributed by atoms with E-state index in [4.69, 9.17) is 52.1 Å². The van der Waals surface area contributed by atoms with E-state index in [-0.39, 0.29) is 39.2 Å². The molecule has 0 aromatic heterocycles. The lowest BCUT2D eigenvalue weighted by Crippen LogP contribution is -2.71. The standard InChI is InChI=1S/C56H77N5O18/c1-54(2,3)77-49(64)57-28-35-25-26-36(58-52(67)78-55(4,5)6)47(72-35)74-43-38(60-53(68)79-56(7,8)9)27-37(59-50(65)70-29-32-19-13-10-14-20-32)44(42(43)63)75-48-41(62)40(61-51(66)71-30-33-21-15-11-16-22-33)45-39(73-48)31-69-46(76-45)34-23-17-12-18-24-34/h10-24,35-48,62-63H,25-31H2,1-9H3,(H,57,64)(H,58,67)(H,59,65)(H,60,68)(H,61,66)/t35-,36+,37+,38-,39+,40+,41+,42-,43+,44-,45+,46?,47+,48+/m0/s1. The lowest BCUT2D eigenvalue weighted by atomic mass is 9.83. The summed E-state index contributed by atoms with van der Waals surface area (Å²) in [5.74, 6) is 0. The van der Waals surface area contributed by atoms with E-state index >= 15 is 0 Å². The number of fused-ring (bicyclic) bond motifs is 1. The average molecular weight is 1110 g/mol. The van der Waals surface area contributed by atoms with Gasteiger partial charge in [0.25, 0.3) is 0 Å². The van der Waals surface area contributed by atoms with Crippen LogP contribution >= 0.6 is 0 Å². The maximum Gasteiger partial charge on any atom is 0.408 e. The van der Waals surface area contributed by atoms with Crippen molar-refractivity contribution >= 4 is 30.5 Å². The zero-order valence-corrected chi connectivity index (χ0v) is 46.1.